The second-order valence-corrected chi connectivity index (χ2v) is 3.98. The van der Waals surface area contributed by atoms with Crippen LogP contribution in [0.3, 0.4) is 0 Å². The van der Waals surface area contributed by atoms with Crippen LogP contribution in [0.2, 0.25) is 0 Å². The maximum atomic E-state index is 3.51. The van der Waals surface area contributed by atoms with E-state index in [9.17, 15) is 0 Å². The highest BCUT2D eigenvalue weighted by atomic mass is 15.3. The fourth-order valence-corrected chi connectivity index (χ4v) is 2.50. The summed E-state index contributed by atoms with van der Waals surface area (Å²) in [5.74, 6) is 0. The molecule has 1 aromatic rings. The van der Waals surface area contributed by atoms with Crippen molar-refractivity contribution in [3.63, 3.8) is 0 Å². The first kappa shape index (κ1) is 7.39. The number of anilines is 1. The molecule has 0 aliphatic carbocycles. The number of nitrogens with zero attached hydrogens (tertiary/aromatic N) is 1. The van der Waals surface area contributed by atoms with Gasteiger partial charge in [-0.3, -0.25) is 0 Å². The molecule has 2 nitrogen and oxygen atoms in total. The summed E-state index contributed by atoms with van der Waals surface area (Å²) >= 11 is 0. The van der Waals surface area contributed by atoms with Crippen molar-refractivity contribution in [2.24, 2.45) is 0 Å². The van der Waals surface area contributed by atoms with Crippen molar-refractivity contribution >= 4 is 5.69 Å². The summed E-state index contributed by atoms with van der Waals surface area (Å²) in [6, 6.07) is 12.2. The lowest BCUT2D eigenvalue weighted by Gasteiger charge is -2.29. The Kier molecular flexibility index (Phi) is 1.56. The number of hydrogen-bond acceptors (Lipinski definition) is 2. The zero-order valence-electron chi connectivity index (χ0n) is 7.61. The lowest BCUT2D eigenvalue weighted by atomic mass is 10.2. The predicted molar refractivity (Wildman–Crippen MR) is 54.0 cm³/mol. The fourth-order valence-electron chi connectivity index (χ4n) is 2.50. The normalized spacial score (nSPS) is 31.2. The van der Waals surface area contributed by atoms with Crippen LogP contribution < -0.4 is 10.2 Å². The van der Waals surface area contributed by atoms with Crippen LogP contribution in [0.1, 0.15) is 6.42 Å². The van der Waals surface area contributed by atoms with Gasteiger partial charge in [-0.1, -0.05) is 18.2 Å². The van der Waals surface area contributed by atoms with Gasteiger partial charge in [0, 0.05) is 30.9 Å². The largest absolute Gasteiger partial charge is 0.366 e. The molecule has 68 valence electrons. The number of benzene rings is 1. The molecule has 2 bridgehead atoms. The summed E-state index contributed by atoms with van der Waals surface area (Å²) in [5, 5.41) is 3.51. The predicted octanol–water partition coefficient (Wildman–Crippen LogP) is 1.24. The van der Waals surface area contributed by atoms with Gasteiger partial charge in [0.1, 0.15) is 0 Å². The molecule has 2 aliphatic heterocycles. The van der Waals surface area contributed by atoms with E-state index in [2.05, 4.69) is 40.5 Å². The first-order chi connectivity index (χ1) is 6.43. The Hall–Kier alpha value is -1.02. The minimum atomic E-state index is 0.741. The zero-order chi connectivity index (χ0) is 8.67. The van der Waals surface area contributed by atoms with Gasteiger partial charge in [-0.2, -0.15) is 0 Å². The monoisotopic (exact) mass is 174 g/mol. The van der Waals surface area contributed by atoms with Gasteiger partial charge in [-0.05, 0) is 18.6 Å². The molecule has 2 atom stereocenters. The van der Waals surface area contributed by atoms with Gasteiger partial charge < -0.3 is 10.2 Å². The van der Waals surface area contributed by atoms with Gasteiger partial charge in [-0.15, -0.1) is 0 Å². The van der Waals surface area contributed by atoms with Gasteiger partial charge in [0.2, 0.25) is 0 Å². The van der Waals surface area contributed by atoms with E-state index in [0.29, 0.717) is 0 Å². The molecule has 0 aromatic heterocycles. The van der Waals surface area contributed by atoms with E-state index >= 15 is 0 Å². The molecule has 1 N–H and O–H groups in total. The standard InChI is InChI=1S/C11H14N2/c1-2-4-10(5-3-1)13-8-9-6-11(13)7-12-9/h1-5,9,11-12H,6-8H2. The second-order valence-electron chi connectivity index (χ2n) is 3.98. The van der Waals surface area contributed by atoms with Crippen LogP contribution in [0, 0.1) is 0 Å². The highest BCUT2D eigenvalue weighted by molar-refractivity contribution is 5.49. The quantitative estimate of drug-likeness (QED) is 0.689. The highest BCUT2D eigenvalue weighted by Crippen LogP contribution is 2.28. The van der Waals surface area contributed by atoms with Crippen molar-refractivity contribution in [1.29, 1.82) is 0 Å². The van der Waals surface area contributed by atoms with Crippen LogP contribution in [0.4, 0.5) is 5.69 Å². The lowest BCUT2D eigenvalue weighted by molar-refractivity contribution is 0.580. The van der Waals surface area contributed by atoms with Gasteiger partial charge >= 0.3 is 0 Å². The van der Waals surface area contributed by atoms with Gasteiger partial charge in [0.05, 0.1) is 0 Å². The Morgan fingerprint density at radius 3 is 2.69 bits per heavy atom. The average molecular weight is 174 g/mol. The topological polar surface area (TPSA) is 15.3 Å². The van der Waals surface area contributed by atoms with Crippen molar-refractivity contribution in [2.75, 3.05) is 18.0 Å². The fraction of sp³-hybridized carbons (Fsp3) is 0.455. The van der Waals surface area contributed by atoms with Crippen molar-refractivity contribution in [3.05, 3.63) is 30.3 Å². The minimum absolute atomic E-state index is 0.741. The molecule has 0 radical (unpaired) electrons. The summed E-state index contributed by atoms with van der Waals surface area (Å²) in [6.45, 7) is 2.36. The Morgan fingerprint density at radius 2 is 2.08 bits per heavy atom. The number of piperazine rings is 1. The van der Waals surface area contributed by atoms with Crippen molar-refractivity contribution in [3.8, 4) is 0 Å². The molecular formula is C11H14N2. The Bertz CT molecular complexity index is 296. The third-order valence-corrected chi connectivity index (χ3v) is 3.14. The SMILES string of the molecule is c1ccc(N2CC3CC2CN3)cc1. The Morgan fingerprint density at radius 1 is 1.23 bits per heavy atom. The second kappa shape index (κ2) is 2.74. The van der Waals surface area contributed by atoms with E-state index in [0.717, 1.165) is 12.1 Å². The summed E-state index contributed by atoms with van der Waals surface area (Å²) in [7, 11) is 0. The number of hydrogen-bond donors (Lipinski definition) is 1. The third kappa shape index (κ3) is 1.13. The molecule has 2 unspecified atom stereocenters. The number of fused-ring (bicyclic) bond motifs is 2. The third-order valence-electron chi connectivity index (χ3n) is 3.14. The molecule has 2 fully saturated rings. The average Bonchev–Trinajstić information content (AvgIpc) is 2.80. The Labute approximate surface area is 78.6 Å². The zero-order valence-corrected chi connectivity index (χ0v) is 7.61. The molecule has 2 heterocycles. The molecule has 3 rings (SSSR count). The van der Waals surface area contributed by atoms with Crippen LogP contribution in [0.25, 0.3) is 0 Å². The lowest BCUT2D eigenvalue weighted by Crippen LogP contribution is -2.43. The van der Waals surface area contributed by atoms with Crippen LogP contribution >= 0.6 is 0 Å². The number of nitrogens with one attached hydrogen (secondary N) is 1. The maximum absolute atomic E-state index is 3.51. The van der Waals surface area contributed by atoms with Crippen LogP contribution in [-0.4, -0.2) is 25.2 Å². The van der Waals surface area contributed by atoms with Crippen LogP contribution in [-0.2, 0) is 0 Å². The van der Waals surface area contributed by atoms with Crippen molar-refractivity contribution in [2.45, 2.75) is 18.5 Å². The molecule has 0 amide bonds. The first-order valence-electron chi connectivity index (χ1n) is 4.98. The minimum Gasteiger partial charge on any atom is -0.366 e. The molecule has 2 heteroatoms. The smallest absolute Gasteiger partial charge is 0.0430 e. The maximum Gasteiger partial charge on any atom is 0.0430 e. The molecular weight excluding hydrogens is 160 g/mol. The summed E-state index contributed by atoms with van der Waals surface area (Å²) < 4.78 is 0. The van der Waals surface area contributed by atoms with Gasteiger partial charge in [0.25, 0.3) is 0 Å². The first-order valence-corrected chi connectivity index (χ1v) is 4.98. The van der Waals surface area contributed by atoms with E-state index in [1.54, 1.807) is 0 Å². The molecule has 13 heavy (non-hydrogen) atoms. The number of rotatable bonds is 1. The van der Waals surface area contributed by atoms with E-state index < -0.39 is 0 Å². The molecule has 2 saturated heterocycles. The summed E-state index contributed by atoms with van der Waals surface area (Å²) in [6.07, 6.45) is 1.33. The van der Waals surface area contributed by atoms with E-state index in [-0.39, 0.29) is 0 Å². The van der Waals surface area contributed by atoms with E-state index in [1.807, 2.05) is 0 Å². The van der Waals surface area contributed by atoms with E-state index in [1.165, 1.54) is 25.2 Å². The molecule has 1 aromatic carbocycles. The van der Waals surface area contributed by atoms with E-state index in [4.69, 9.17) is 0 Å². The Balaban J connectivity index is 1.87. The molecule has 0 saturated carbocycles. The molecule has 2 aliphatic rings. The van der Waals surface area contributed by atoms with Gasteiger partial charge in [-0.25, -0.2) is 0 Å². The summed E-state index contributed by atoms with van der Waals surface area (Å²) in [4.78, 5) is 2.53. The van der Waals surface area contributed by atoms with Crippen LogP contribution in [0.5, 0.6) is 0 Å². The van der Waals surface area contributed by atoms with Gasteiger partial charge in [0.15, 0.2) is 0 Å². The molecule has 0 spiro atoms. The van der Waals surface area contributed by atoms with Crippen molar-refractivity contribution in [1.82, 2.24) is 5.32 Å². The number of para-hydroxylation sites is 1. The van der Waals surface area contributed by atoms with Crippen molar-refractivity contribution < 1.29 is 0 Å². The summed E-state index contributed by atoms with van der Waals surface area (Å²) in [5.41, 5.74) is 1.39. The van der Waals surface area contributed by atoms with Crippen LogP contribution in [0.15, 0.2) is 30.3 Å². The highest BCUT2D eigenvalue weighted by Gasteiger charge is 2.37.